The number of nitrogens with one attached hydrogen (secondary N) is 1. The molecule has 142 valence electrons. The third kappa shape index (κ3) is 3.91. The molecule has 3 rings (SSSR count). The molecular weight excluding hydrogens is 370 g/mol. The second-order valence-electron chi connectivity index (χ2n) is 5.91. The maximum Gasteiger partial charge on any atom is 0.270 e. The number of benzene rings is 1. The quantitative estimate of drug-likeness (QED) is 0.539. The van der Waals surface area contributed by atoms with Crippen molar-refractivity contribution in [2.75, 3.05) is 6.61 Å². The molecule has 10 heteroatoms. The van der Waals surface area contributed by atoms with E-state index in [-0.39, 0.29) is 5.69 Å². The van der Waals surface area contributed by atoms with Gasteiger partial charge in [0, 0.05) is 12.4 Å². The highest BCUT2D eigenvalue weighted by Gasteiger charge is 2.22. The molecule has 1 aromatic carbocycles. The number of hydrogen-bond donors (Lipinski definition) is 3. The van der Waals surface area contributed by atoms with Crippen molar-refractivity contribution in [3.05, 3.63) is 40.0 Å². The van der Waals surface area contributed by atoms with Gasteiger partial charge >= 0.3 is 0 Å². The fourth-order valence-corrected chi connectivity index (χ4v) is 3.27. The first-order valence-corrected chi connectivity index (χ1v) is 8.98. The number of ether oxygens (including phenoxy) is 1. The van der Waals surface area contributed by atoms with Crippen LogP contribution in [-0.2, 0) is 18.4 Å². The number of aryl methyl sites for hydroxylation is 2. The van der Waals surface area contributed by atoms with Crippen molar-refractivity contribution in [3.63, 3.8) is 0 Å². The number of aromatic nitrogens is 3. The van der Waals surface area contributed by atoms with Gasteiger partial charge in [0.15, 0.2) is 0 Å². The van der Waals surface area contributed by atoms with E-state index in [1.165, 1.54) is 16.0 Å². The summed E-state index contributed by atoms with van der Waals surface area (Å²) >= 11 is 1.51. The van der Waals surface area contributed by atoms with Gasteiger partial charge in [-0.1, -0.05) is 0 Å². The number of rotatable bonds is 7. The Labute approximate surface area is 158 Å². The minimum Gasteiger partial charge on any atom is -0.488 e. The summed E-state index contributed by atoms with van der Waals surface area (Å²) in [7, 11) is 1.62. The predicted molar refractivity (Wildman–Crippen MR) is 99.4 cm³/mol. The van der Waals surface area contributed by atoms with E-state index in [1.54, 1.807) is 30.8 Å². The van der Waals surface area contributed by atoms with E-state index in [0.29, 0.717) is 23.3 Å². The van der Waals surface area contributed by atoms with E-state index in [2.05, 4.69) is 15.4 Å². The molecule has 0 saturated heterocycles. The van der Waals surface area contributed by atoms with Crippen molar-refractivity contribution in [1.29, 1.82) is 0 Å². The monoisotopic (exact) mass is 389 g/mol. The first-order valence-electron chi connectivity index (χ1n) is 8.10. The molecule has 0 aliphatic rings. The van der Waals surface area contributed by atoms with Crippen LogP contribution in [0.1, 0.15) is 21.1 Å². The number of amides is 2. The summed E-state index contributed by atoms with van der Waals surface area (Å²) in [5, 5.41) is 16.5. The number of primary amides is 1. The highest BCUT2D eigenvalue weighted by Crippen LogP contribution is 2.25. The van der Waals surface area contributed by atoms with E-state index >= 15 is 0 Å². The molecule has 27 heavy (non-hydrogen) atoms. The van der Waals surface area contributed by atoms with Crippen molar-refractivity contribution >= 4 is 34.1 Å². The molecule has 3 aromatic rings. The molecule has 2 heterocycles. The third-order valence-electron chi connectivity index (χ3n) is 4.07. The van der Waals surface area contributed by atoms with Gasteiger partial charge in [-0.3, -0.25) is 14.3 Å². The molecule has 0 fully saturated rings. The van der Waals surface area contributed by atoms with Crippen molar-refractivity contribution in [2.45, 2.75) is 19.6 Å². The number of aliphatic hydroxyl groups is 1. The number of hydrogen-bond acceptors (Lipinski definition) is 7. The Balaban J connectivity index is 1.87. The summed E-state index contributed by atoms with van der Waals surface area (Å²) in [6, 6.07) is 4.06. The summed E-state index contributed by atoms with van der Waals surface area (Å²) in [5.74, 6) is -0.805. The summed E-state index contributed by atoms with van der Waals surface area (Å²) in [6.45, 7) is 1.70. The van der Waals surface area contributed by atoms with Crippen LogP contribution in [0.25, 0.3) is 10.9 Å². The molecule has 0 aliphatic carbocycles. The summed E-state index contributed by atoms with van der Waals surface area (Å²) in [4.78, 5) is 29.0. The van der Waals surface area contributed by atoms with Gasteiger partial charge in [0.05, 0.1) is 28.2 Å². The Bertz CT molecular complexity index is 997. The normalized spacial score (nSPS) is 12.1. The zero-order valence-corrected chi connectivity index (χ0v) is 15.6. The van der Waals surface area contributed by atoms with Gasteiger partial charge in [-0.05, 0) is 25.1 Å². The molecule has 0 spiro atoms. The fraction of sp³-hybridized carbons (Fsp3) is 0.294. The van der Waals surface area contributed by atoms with Crippen LogP contribution in [0.5, 0.6) is 5.75 Å². The lowest BCUT2D eigenvalue weighted by Gasteiger charge is -2.12. The number of carbonyl (C=O) groups excluding carboxylic acids is 2. The molecule has 0 unspecified atom stereocenters. The third-order valence-corrected chi connectivity index (χ3v) is 4.97. The lowest BCUT2D eigenvalue weighted by atomic mass is 10.1. The van der Waals surface area contributed by atoms with Crippen LogP contribution in [0.15, 0.2) is 23.7 Å². The van der Waals surface area contributed by atoms with Gasteiger partial charge in [-0.2, -0.15) is 5.10 Å². The highest BCUT2D eigenvalue weighted by molar-refractivity contribution is 7.09. The largest absolute Gasteiger partial charge is 0.488 e. The van der Waals surface area contributed by atoms with Crippen LogP contribution in [0.4, 0.5) is 0 Å². The zero-order chi connectivity index (χ0) is 19.6. The number of nitrogens with two attached hydrogens (primary N) is 1. The fourth-order valence-electron chi connectivity index (χ4n) is 2.58. The standard InChI is InChI=1S/C17H19N5O4S/c1-9-14(27-8-19-9)7-26-10-3-4-12-11(5-10)15(22(2)21-12)17(25)20-13(6-23)16(18)24/h3-5,8,13,23H,6-7H2,1-2H3,(H2,18,24)(H,20,25)/t13-/m0/s1. The SMILES string of the molecule is Cc1ncsc1COc1ccc2nn(C)c(C(=O)N[C@@H](CO)C(N)=O)c2c1. The smallest absolute Gasteiger partial charge is 0.270 e. The molecule has 0 bridgehead atoms. The average Bonchev–Trinajstić information content (AvgIpc) is 3.18. The first kappa shape index (κ1) is 18.8. The minimum atomic E-state index is -1.17. The van der Waals surface area contributed by atoms with Gasteiger partial charge in [0.2, 0.25) is 5.91 Å². The molecule has 9 nitrogen and oxygen atoms in total. The van der Waals surface area contributed by atoms with Crippen LogP contribution >= 0.6 is 11.3 Å². The van der Waals surface area contributed by atoms with Crippen LogP contribution in [0.3, 0.4) is 0 Å². The number of aliphatic hydroxyl groups excluding tert-OH is 1. The Morgan fingerprint density at radius 3 is 2.85 bits per heavy atom. The first-order chi connectivity index (χ1) is 12.9. The molecule has 2 aromatic heterocycles. The minimum absolute atomic E-state index is 0.240. The summed E-state index contributed by atoms with van der Waals surface area (Å²) < 4.78 is 7.22. The Kier molecular flexibility index (Phi) is 5.38. The number of thiazole rings is 1. The van der Waals surface area contributed by atoms with E-state index in [9.17, 15) is 14.7 Å². The van der Waals surface area contributed by atoms with Gasteiger partial charge < -0.3 is 20.9 Å². The van der Waals surface area contributed by atoms with Crippen LogP contribution in [0.2, 0.25) is 0 Å². The van der Waals surface area contributed by atoms with Crippen LogP contribution in [0, 0.1) is 6.92 Å². The second kappa shape index (κ2) is 7.72. The topological polar surface area (TPSA) is 132 Å². The van der Waals surface area contributed by atoms with Crippen molar-refractivity contribution in [2.24, 2.45) is 12.8 Å². The van der Waals surface area contributed by atoms with Crippen molar-refractivity contribution in [3.8, 4) is 5.75 Å². The maximum absolute atomic E-state index is 12.6. The van der Waals surface area contributed by atoms with Gasteiger partial charge in [-0.25, -0.2) is 4.98 Å². The Morgan fingerprint density at radius 2 is 2.22 bits per heavy atom. The second-order valence-corrected chi connectivity index (χ2v) is 6.85. The molecule has 0 radical (unpaired) electrons. The predicted octanol–water partition coefficient (Wildman–Crippen LogP) is 0.493. The summed E-state index contributed by atoms with van der Waals surface area (Å²) in [6.07, 6.45) is 0. The van der Waals surface area contributed by atoms with Crippen molar-refractivity contribution < 1.29 is 19.4 Å². The molecule has 2 amide bonds. The number of nitrogens with zero attached hydrogens (tertiary/aromatic N) is 3. The molecule has 1 atom stereocenters. The average molecular weight is 389 g/mol. The van der Waals surface area contributed by atoms with E-state index in [1.807, 2.05) is 6.92 Å². The maximum atomic E-state index is 12.6. The lowest BCUT2D eigenvalue weighted by molar-refractivity contribution is -0.120. The zero-order valence-electron chi connectivity index (χ0n) is 14.8. The van der Waals surface area contributed by atoms with E-state index in [0.717, 1.165) is 10.6 Å². The highest BCUT2D eigenvalue weighted by atomic mass is 32.1. The Hall–Kier alpha value is -2.98. The van der Waals surface area contributed by atoms with E-state index < -0.39 is 24.5 Å². The van der Waals surface area contributed by atoms with Gasteiger partial charge in [0.25, 0.3) is 5.91 Å². The van der Waals surface area contributed by atoms with E-state index in [4.69, 9.17) is 10.5 Å². The number of carbonyl (C=O) groups is 2. The molecule has 4 N–H and O–H groups in total. The summed E-state index contributed by atoms with van der Waals surface area (Å²) in [5.41, 5.74) is 8.68. The van der Waals surface area contributed by atoms with Crippen molar-refractivity contribution in [1.82, 2.24) is 20.1 Å². The van der Waals surface area contributed by atoms with Gasteiger partial charge in [0.1, 0.15) is 24.1 Å². The van der Waals surface area contributed by atoms with Crippen LogP contribution < -0.4 is 15.8 Å². The van der Waals surface area contributed by atoms with Crippen LogP contribution in [-0.4, -0.2) is 44.3 Å². The Morgan fingerprint density at radius 1 is 1.44 bits per heavy atom. The molecule has 0 saturated carbocycles. The molecule has 0 aliphatic heterocycles. The number of fused-ring (bicyclic) bond motifs is 1. The molecular formula is C17H19N5O4S. The lowest BCUT2D eigenvalue weighted by Crippen LogP contribution is -2.47. The van der Waals surface area contributed by atoms with Gasteiger partial charge in [-0.15, -0.1) is 11.3 Å².